The SMILES string of the molecule is CC(CCC(C)(C)N(c1ccccc1)C(C)(C)C)N(CP1[C@H](C)CC[C@H]1C)C(C)(C)C. The van der Waals surface area contributed by atoms with Crippen molar-refractivity contribution in [3.63, 3.8) is 0 Å². The van der Waals surface area contributed by atoms with Gasteiger partial charge in [-0.15, -0.1) is 0 Å². The van der Waals surface area contributed by atoms with E-state index in [-0.39, 0.29) is 24.5 Å². The summed E-state index contributed by atoms with van der Waals surface area (Å²) in [6.07, 6.45) is 6.60. The summed E-state index contributed by atoms with van der Waals surface area (Å²) in [4.78, 5) is 5.48. The van der Waals surface area contributed by atoms with E-state index in [0.717, 1.165) is 11.3 Å². The minimum absolute atomic E-state index is 0.0791. The molecule has 0 aromatic heterocycles. The molecule has 1 aliphatic rings. The highest BCUT2D eigenvalue weighted by molar-refractivity contribution is 7.59. The standard InChI is InChI=1S/C28H51N2P/c1-22(29(26(4,5)6)21-31-23(2)17-18-24(31)3)19-20-28(10,11)30(27(7,8)9)25-15-13-12-14-16-25/h12-16,22-24H,17-21H2,1-11H3/t22?,23-,24-/m1/s1. The minimum atomic E-state index is 0.0791. The Balaban J connectivity index is 2.16. The number of rotatable bonds is 8. The quantitative estimate of drug-likeness (QED) is 0.370. The van der Waals surface area contributed by atoms with Gasteiger partial charge in [-0.2, -0.15) is 0 Å². The first-order chi connectivity index (χ1) is 14.1. The summed E-state index contributed by atoms with van der Waals surface area (Å²) in [7, 11) is 0.106. The zero-order valence-corrected chi connectivity index (χ0v) is 23.4. The topological polar surface area (TPSA) is 6.48 Å². The Kier molecular flexibility index (Phi) is 8.71. The van der Waals surface area contributed by atoms with Gasteiger partial charge in [0.05, 0.1) is 0 Å². The van der Waals surface area contributed by atoms with Crippen molar-refractivity contribution in [3.05, 3.63) is 30.3 Å². The highest BCUT2D eigenvalue weighted by Crippen LogP contribution is 2.56. The monoisotopic (exact) mass is 446 g/mol. The Bertz CT molecular complexity index is 660. The van der Waals surface area contributed by atoms with Crippen molar-refractivity contribution in [2.75, 3.05) is 11.2 Å². The second-order valence-corrected chi connectivity index (χ2v) is 15.7. The van der Waals surface area contributed by atoms with Gasteiger partial charge < -0.3 is 4.90 Å². The summed E-state index contributed by atoms with van der Waals surface area (Å²) in [5.74, 6) is 0. The molecule has 1 unspecified atom stereocenters. The van der Waals surface area contributed by atoms with Crippen molar-refractivity contribution in [2.45, 2.75) is 136 Å². The fourth-order valence-electron chi connectivity index (χ4n) is 5.77. The lowest BCUT2D eigenvalue weighted by atomic mass is 9.87. The Labute approximate surface area is 195 Å². The maximum atomic E-state index is 2.84. The van der Waals surface area contributed by atoms with Crippen LogP contribution in [0.3, 0.4) is 0 Å². The van der Waals surface area contributed by atoms with Crippen LogP contribution in [-0.4, -0.2) is 45.2 Å². The molecule has 3 atom stereocenters. The lowest BCUT2D eigenvalue weighted by molar-refractivity contribution is 0.104. The molecule has 0 radical (unpaired) electrons. The van der Waals surface area contributed by atoms with Gasteiger partial charge >= 0.3 is 0 Å². The molecule has 2 nitrogen and oxygen atoms in total. The van der Waals surface area contributed by atoms with E-state index in [9.17, 15) is 0 Å². The second-order valence-electron chi connectivity index (χ2n) is 12.6. The normalized spacial score (nSPS) is 22.2. The van der Waals surface area contributed by atoms with Crippen LogP contribution in [0.1, 0.15) is 102 Å². The number of anilines is 1. The van der Waals surface area contributed by atoms with Gasteiger partial charge in [0.1, 0.15) is 0 Å². The first kappa shape index (κ1) is 26.7. The average Bonchev–Trinajstić information content (AvgIpc) is 2.94. The third-order valence-electron chi connectivity index (χ3n) is 7.31. The van der Waals surface area contributed by atoms with Gasteiger partial charge in [0, 0.05) is 34.6 Å². The van der Waals surface area contributed by atoms with Crippen molar-refractivity contribution in [1.82, 2.24) is 4.90 Å². The second kappa shape index (κ2) is 10.1. The molecule has 1 heterocycles. The lowest BCUT2D eigenvalue weighted by Crippen LogP contribution is -2.55. The average molecular weight is 447 g/mol. The molecule has 0 aliphatic carbocycles. The van der Waals surface area contributed by atoms with E-state index in [1.807, 2.05) is 0 Å². The van der Waals surface area contributed by atoms with Gasteiger partial charge in [0.2, 0.25) is 0 Å². The molecule has 1 aromatic rings. The van der Waals surface area contributed by atoms with E-state index in [1.54, 1.807) is 0 Å². The van der Waals surface area contributed by atoms with Crippen LogP contribution in [0.25, 0.3) is 0 Å². The number of hydrogen-bond donors (Lipinski definition) is 0. The van der Waals surface area contributed by atoms with Crippen molar-refractivity contribution in [1.29, 1.82) is 0 Å². The van der Waals surface area contributed by atoms with Crippen LogP contribution in [0.2, 0.25) is 0 Å². The molecule has 1 aromatic carbocycles. The smallest absolute Gasteiger partial charge is 0.0374 e. The minimum Gasteiger partial charge on any atom is -0.362 e. The first-order valence-electron chi connectivity index (χ1n) is 12.5. The van der Waals surface area contributed by atoms with E-state index in [4.69, 9.17) is 0 Å². The first-order valence-corrected chi connectivity index (χ1v) is 14.2. The van der Waals surface area contributed by atoms with Crippen molar-refractivity contribution >= 4 is 13.6 Å². The maximum absolute atomic E-state index is 2.84. The predicted octanol–water partition coefficient (Wildman–Crippen LogP) is 8.35. The van der Waals surface area contributed by atoms with Crippen LogP contribution in [0, 0.1) is 0 Å². The van der Waals surface area contributed by atoms with Gasteiger partial charge in [-0.3, -0.25) is 4.90 Å². The summed E-state index contributed by atoms with van der Waals surface area (Å²) < 4.78 is 0. The zero-order chi connectivity index (χ0) is 23.6. The molecule has 31 heavy (non-hydrogen) atoms. The van der Waals surface area contributed by atoms with Crippen LogP contribution in [-0.2, 0) is 0 Å². The largest absolute Gasteiger partial charge is 0.362 e. The van der Waals surface area contributed by atoms with Crippen LogP contribution in [0.4, 0.5) is 5.69 Å². The van der Waals surface area contributed by atoms with E-state index in [1.165, 1.54) is 37.7 Å². The van der Waals surface area contributed by atoms with Gasteiger partial charge in [-0.1, -0.05) is 40.0 Å². The third-order valence-corrected chi connectivity index (χ3v) is 10.7. The van der Waals surface area contributed by atoms with Crippen LogP contribution < -0.4 is 4.90 Å². The predicted molar refractivity (Wildman–Crippen MR) is 143 cm³/mol. The van der Waals surface area contributed by atoms with Gasteiger partial charge in [0.15, 0.2) is 0 Å². The number of nitrogens with zero attached hydrogens (tertiary/aromatic N) is 2. The number of benzene rings is 1. The third kappa shape index (κ3) is 6.94. The van der Waals surface area contributed by atoms with Crippen molar-refractivity contribution < 1.29 is 0 Å². The lowest BCUT2D eigenvalue weighted by Gasteiger charge is -2.50. The molecule has 3 heteroatoms. The van der Waals surface area contributed by atoms with Crippen LogP contribution in [0.15, 0.2) is 30.3 Å². The molecule has 1 aliphatic heterocycles. The fraction of sp³-hybridized carbons (Fsp3) is 0.786. The summed E-state index contributed by atoms with van der Waals surface area (Å²) in [6.45, 7) is 26.6. The highest BCUT2D eigenvalue weighted by atomic mass is 31.1. The van der Waals surface area contributed by atoms with Crippen molar-refractivity contribution in [2.24, 2.45) is 0 Å². The Morgan fingerprint density at radius 1 is 0.871 bits per heavy atom. The molecule has 1 fully saturated rings. The molecular formula is C28H51N2P. The van der Waals surface area contributed by atoms with Gasteiger partial charge in [0.25, 0.3) is 0 Å². The molecule has 2 rings (SSSR count). The van der Waals surface area contributed by atoms with Crippen molar-refractivity contribution in [3.8, 4) is 0 Å². The summed E-state index contributed by atoms with van der Waals surface area (Å²) in [5.41, 5.74) is 3.57. The molecule has 0 amide bonds. The Morgan fingerprint density at radius 3 is 1.84 bits per heavy atom. The molecule has 0 saturated carbocycles. The molecule has 1 saturated heterocycles. The summed E-state index contributed by atoms with van der Waals surface area (Å²) in [5, 5.41) is 0. The maximum Gasteiger partial charge on any atom is 0.0374 e. The molecule has 178 valence electrons. The molecule has 0 N–H and O–H groups in total. The summed E-state index contributed by atoms with van der Waals surface area (Å²) in [6, 6.07) is 11.6. The van der Waals surface area contributed by atoms with E-state index < -0.39 is 0 Å². The number of para-hydroxylation sites is 1. The highest BCUT2D eigenvalue weighted by Gasteiger charge is 2.38. The molecular weight excluding hydrogens is 395 g/mol. The van der Waals surface area contributed by atoms with Gasteiger partial charge in [-0.05, 0) is 111 Å². The molecule has 0 bridgehead atoms. The Morgan fingerprint density at radius 2 is 1.39 bits per heavy atom. The van der Waals surface area contributed by atoms with E-state index >= 15 is 0 Å². The number of hydrogen-bond acceptors (Lipinski definition) is 2. The van der Waals surface area contributed by atoms with Crippen LogP contribution >= 0.6 is 7.92 Å². The van der Waals surface area contributed by atoms with E-state index in [0.29, 0.717) is 6.04 Å². The fourth-order valence-corrected chi connectivity index (χ4v) is 9.21. The Hall–Kier alpha value is -0.590. The van der Waals surface area contributed by atoms with Crippen LogP contribution in [0.5, 0.6) is 0 Å². The summed E-state index contributed by atoms with van der Waals surface area (Å²) >= 11 is 0. The van der Waals surface area contributed by atoms with E-state index in [2.05, 4.69) is 116 Å². The van der Waals surface area contributed by atoms with Gasteiger partial charge in [-0.25, -0.2) is 0 Å². The zero-order valence-electron chi connectivity index (χ0n) is 22.5. The molecule has 0 spiro atoms.